The number of rotatable bonds is 5. The van der Waals surface area contributed by atoms with E-state index < -0.39 is 0 Å². The van der Waals surface area contributed by atoms with Crippen molar-refractivity contribution in [1.82, 2.24) is 15.0 Å². The number of aryl methyl sites for hydroxylation is 1. The number of aromatic nitrogens is 2. The average Bonchev–Trinajstić information content (AvgIpc) is 3.18. The highest BCUT2D eigenvalue weighted by molar-refractivity contribution is 5.09. The van der Waals surface area contributed by atoms with E-state index in [4.69, 9.17) is 14.0 Å². The van der Waals surface area contributed by atoms with Gasteiger partial charge in [-0.05, 0) is 37.5 Å². The molecule has 0 radical (unpaired) electrons. The summed E-state index contributed by atoms with van der Waals surface area (Å²) in [5, 5.41) is 4.13. The first-order valence-corrected chi connectivity index (χ1v) is 8.58. The second kappa shape index (κ2) is 7.01. The smallest absolute Gasteiger partial charge is 0.133 e. The second-order valence-electron chi connectivity index (χ2n) is 6.61. The fourth-order valence-corrected chi connectivity index (χ4v) is 3.72. The lowest BCUT2D eigenvalue weighted by atomic mass is 10.0. The topological polar surface area (TPSA) is 60.6 Å². The van der Waals surface area contributed by atoms with Gasteiger partial charge in [-0.3, -0.25) is 9.88 Å². The third-order valence-electron chi connectivity index (χ3n) is 4.84. The van der Waals surface area contributed by atoms with E-state index in [9.17, 15) is 0 Å². The van der Waals surface area contributed by atoms with E-state index in [1.165, 1.54) is 0 Å². The fraction of sp³-hybridized carbons (Fsp3) is 0.556. The Morgan fingerprint density at radius 3 is 3.00 bits per heavy atom. The standard InChI is InChI=1S/C18H23N3O3/c1-13-9-15(20-24-13)10-21-11-17(18-16(21)3-2-8-22-18)23-12-14-4-6-19-7-5-14/h4-7,9,16-18H,2-3,8,10-12H2,1H3/t16-,17-,18+/m1/s1. The van der Waals surface area contributed by atoms with Crippen LogP contribution >= 0.6 is 0 Å². The van der Waals surface area contributed by atoms with Gasteiger partial charge >= 0.3 is 0 Å². The van der Waals surface area contributed by atoms with Crippen LogP contribution in [0.3, 0.4) is 0 Å². The third-order valence-corrected chi connectivity index (χ3v) is 4.84. The second-order valence-corrected chi connectivity index (χ2v) is 6.61. The molecule has 6 nitrogen and oxygen atoms in total. The minimum Gasteiger partial charge on any atom is -0.374 e. The number of pyridine rings is 1. The number of hydrogen-bond donors (Lipinski definition) is 0. The quantitative estimate of drug-likeness (QED) is 0.839. The summed E-state index contributed by atoms with van der Waals surface area (Å²) in [6.07, 6.45) is 6.09. The summed E-state index contributed by atoms with van der Waals surface area (Å²) >= 11 is 0. The molecule has 4 rings (SSSR count). The van der Waals surface area contributed by atoms with Gasteiger partial charge in [0.25, 0.3) is 0 Å². The maximum absolute atomic E-state index is 6.19. The van der Waals surface area contributed by atoms with Crippen molar-refractivity contribution in [2.45, 2.75) is 51.2 Å². The molecule has 2 aliphatic heterocycles. The maximum atomic E-state index is 6.19. The molecule has 0 aromatic carbocycles. The Morgan fingerprint density at radius 2 is 2.21 bits per heavy atom. The Morgan fingerprint density at radius 1 is 1.33 bits per heavy atom. The van der Waals surface area contributed by atoms with Crippen molar-refractivity contribution in [2.24, 2.45) is 0 Å². The summed E-state index contributed by atoms with van der Waals surface area (Å²) in [5.41, 5.74) is 2.12. The number of fused-ring (bicyclic) bond motifs is 1. The minimum absolute atomic E-state index is 0.0939. The highest BCUT2D eigenvalue weighted by Crippen LogP contribution is 2.32. The van der Waals surface area contributed by atoms with Gasteiger partial charge in [0.1, 0.15) is 11.9 Å². The van der Waals surface area contributed by atoms with Gasteiger partial charge in [0.15, 0.2) is 0 Å². The van der Waals surface area contributed by atoms with Crippen LogP contribution in [-0.4, -0.2) is 46.4 Å². The molecule has 2 aliphatic rings. The Kier molecular flexibility index (Phi) is 4.60. The third kappa shape index (κ3) is 3.36. The fourth-order valence-electron chi connectivity index (χ4n) is 3.72. The molecule has 4 heterocycles. The Hall–Kier alpha value is -1.76. The molecule has 0 N–H and O–H groups in total. The van der Waals surface area contributed by atoms with Gasteiger partial charge in [-0.2, -0.15) is 0 Å². The van der Waals surface area contributed by atoms with Crippen LogP contribution in [0.5, 0.6) is 0 Å². The van der Waals surface area contributed by atoms with E-state index in [1.54, 1.807) is 12.4 Å². The lowest BCUT2D eigenvalue weighted by molar-refractivity contribution is -0.0819. The highest BCUT2D eigenvalue weighted by atomic mass is 16.5. The van der Waals surface area contributed by atoms with Gasteiger partial charge in [0, 0.05) is 44.2 Å². The molecule has 24 heavy (non-hydrogen) atoms. The number of nitrogens with zero attached hydrogens (tertiary/aromatic N) is 3. The van der Waals surface area contributed by atoms with E-state index in [1.807, 2.05) is 25.1 Å². The highest BCUT2D eigenvalue weighted by Gasteiger charge is 2.44. The maximum Gasteiger partial charge on any atom is 0.133 e. The zero-order valence-electron chi connectivity index (χ0n) is 13.9. The van der Waals surface area contributed by atoms with Gasteiger partial charge in [-0.15, -0.1) is 0 Å². The molecule has 2 saturated heterocycles. The van der Waals surface area contributed by atoms with Crippen molar-refractivity contribution < 1.29 is 14.0 Å². The Labute approximate surface area is 141 Å². The molecule has 0 saturated carbocycles. The summed E-state index contributed by atoms with van der Waals surface area (Å²) in [7, 11) is 0. The van der Waals surface area contributed by atoms with E-state index in [-0.39, 0.29) is 12.2 Å². The molecule has 2 fully saturated rings. The molecule has 6 heteroatoms. The van der Waals surface area contributed by atoms with Gasteiger partial charge in [-0.1, -0.05) is 5.16 Å². The zero-order chi connectivity index (χ0) is 16.4. The van der Waals surface area contributed by atoms with Crippen molar-refractivity contribution in [3.05, 3.63) is 47.6 Å². The van der Waals surface area contributed by atoms with Crippen LogP contribution in [0.25, 0.3) is 0 Å². The van der Waals surface area contributed by atoms with Gasteiger partial charge in [0.2, 0.25) is 0 Å². The molecule has 3 atom stereocenters. The first-order chi connectivity index (χ1) is 11.8. The van der Waals surface area contributed by atoms with Crippen molar-refractivity contribution in [3.8, 4) is 0 Å². The van der Waals surface area contributed by atoms with E-state index in [2.05, 4.69) is 15.0 Å². The van der Waals surface area contributed by atoms with Crippen LogP contribution in [0.1, 0.15) is 29.9 Å². The van der Waals surface area contributed by atoms with E-state index >= 15 is 0 Å². The number of hydrogen-bond acceptors (Lipinski definition) is 6. The first kappa shape index (κ1) is 15.7. The van der Waals surface area contributed by atoms with Crippen LogP contribution < -0.4 is 0 Å². The summed E-state index contributed by atoms with van der Waals surface area (Å²) in [5.74, 6) is 0.853. The molecule has 0 unspecified atom stereocenters. The normalized spacial score (nSPS) is 27.3. The average molecular weight is 329 g/mol. The molecule has 128 valence electrons. The largest absolute Gasteiger partial charge is 0.374 e. The molecule has 0 spiro atoms. The Balaban J connectivity index is 1.42. The van der Waals surface area contributed by atoms with Crippen LogP contribution in [0.15, 0.2) is 35.1 Å². The van der Waals surface area contributed by atoms with Crippen molar-refractivity contribution >= 4 is 0 Å². The molecule has 2 aromatic heterocycles. The van der Waals surface area contributed by atoms with Gasteiger partial charge in [-0.25, -0.2) is 0 Å². The molecule has 2 aromatic rings. The minimum atomic E-state index is 0.0939. The molecular weight excluding hydrogens is 306 g/mol. The summed E-state index contributed by atoms with van der Waals surface area (Å²) < 4.78 is 17.4. The van der Waals surface area contributed by atoms with Crippen molar-refractivity contribution in [3.63, 3.8) is 0 Å². The first-order valence-electron chi connectivity index (χ1n) is 8.58. The van der Waals surface area contributed by atoms with Crippen LogP contribution in [0.4, 0.5) is 0 Å². The Bertz CT molecular complexity index is 661. The van der Waals surface area contributed by atoms with Crippen molar-refractivity contribution in [2.75, 3.05) is 13.2 Å². The molecule has 0 amide bonds. The summed E-state index contributed by atoms with van der Waals surface area (Å²) in [6, 6.07) is 6.39. The van der Waals surface area contributed by atoms with Crippen LogP contribution in [0.2, 0.25) is 0 Å². The van der Waals surface area contributed by atoms with Gasteiger partial charge in [0.05, 0.1) is 18.4 Å². The molecular formula is C18H23N3O3. The SMILES string of the molecule is Cc1cc(CN2C[C@@H](OCc3ccncc3)[C@H]3OCCC[C@H]32)no1. The van der Waals surface area contributed by atoms with Gasteiger partial charge < -0.3 is 14.0 Å². The molecule has 0 aliphatic carbocycles. The molecule has 0 bridgehead atoms. The lowest BCUT2D eigenvalue weighted by Gasteiger charge is -2.32. The summed E-state index contributed by atoms with van der Waals surface area (Å²) in [4.78, 5) is 6.48. The number of likely N-dealkylation sites (tertiary alicyclic amines) is 1. The zero-order valence-corrected chi connectivity index (χ0v) is 13.9. The number of ether oxygens (including phenoxy) is 2. The van der Waals surface area contributed by atoms with Crippen molar-refractivity contribution in [1.29, 1.82) is 0 Å². The summed E-state index contributed by atoms with van der Waals surface area (Å²) in [6.45, 7) is 5.00. The van der Waals surface area contributed by atoms with E-state index in [0.29, 0.717) is 12.6 Å². The monoisotopic (exact) mass is 329 g/mol. The predicted octanol–water partition coefficient (Wildman–Crippen LogP) is 2.33. The van der Waals surface area contributed by atoms with Crippen LogP contribution in [-0.2, 0) is 22.6 Å². The predicted molar refractivity (Wildman–Crippen MR) is 87.2 cm³/mol. The van der Waals surface area contributed by atoms with E-state index in [0.717, 1.165) is 49.6 Å². The van der Waals surface area contributed by atoms with Crippen LogP contribution in [0, 0.1) is 6.92 Å². The lowest BCUT2D eigenvalue weighted by Crippen LogP contribution is -2.41.